The Morgan fingerprint density at radius 3 is 1.06 bits per heavy atom. The summed E-state index contributed by atoms with van der Waals surface area (Å²) in [5.74, 6) is 0.675. The zero-order valence-corrected chi connectivity index (χ0v) is 25.7. The molecule has 2 nitrogen and oxygen atoms in total. The van der Waals surface area contributed by atoms with E-state index in [0.29, 0.717) is 11.5 Å². The maximum Gasteiger partial charge on any atom is 2.00 e. The van der Waals surface area contributed by atoms with Gasteiger partial charge in [-0.1, -0.05) is 53.7 Å². The fourth-order valence-corrected chi connectivity index (χ4v) is 4.51. The van der Waals surface area contributed by atoms with E-state index in [1.807, 2.05) is 84.9 Å². The summed E-state index contributed by atoms with van der Waals surface area (Å²) in [7, 11) is 0. The summed E-state index contributed by atoms with van der Waals surface area (Å²) < 4.78 is 0.404. The summed E-state index contributed by atoms with van der Waals surface area (Å²) in [6.45, 7) is 12.9. The second-order valence-electron chi connectivity index (χ2n) is 9.35. The number of phenolic OH excluding ortho intramolecular Hbond substituents is 2. The van der Waals surface area contributed by atoms with E-state index in [1.54, 1.807) is 47.8 Å². The molecule has 4 aromatic rings. The van der Waals surface area contributed by atoms with E-state index in [0.717, 1.165) is 9.79 Å². The zero-order valence-electron chi connectivity index (χ0n) is 21.6. The number of rotatable bonds is 2. The third kappa shape index (κ3) is 20.2. The quantitative estimate of drug-likeness (QED) is 0.182. The maximum absolute atomic E-state index is 9.20. The van der Waals surface area contributed by atoms with Crippen molar-refractivity contribution in [1.82, 2.24) is 0 Å². The van der Waals surface area contributed by atoms with E-state index in [2.05, 4.69) is 41.5 Å². The molecule has 4 rings (SSSR count). The van der Waals surface area contributed by atoms with Gasteiger partial charge in [-0.25, -0.2) is 24.3 Å². The molecule has 0 amide bonds. The molecule has 0 atom stereocenters. The molecule has 0 saturated carbocycles. The molecule has 0 aliphatic heterocycles. The Balaban J connectivity index is 0.000000468. The molecule has 4 aromatic carbocycles. The van der Waals surface area contributed by atoms with Crippen LogP contribution < -0.4 is 0 Å². The molecule has 0 heterocycles. The number of hydrogen-bond acceptors (Lipinski definition) is 4. The second kappa shape index (κ2) is 17.7. The van der Waals surface area contributed by atoms with Crippen molar-refractivity contribution in [3.05, 3.63) is 109 Å². The predicted molar refractivity (Wildman–Crippen MR) is 152 cm³/mol. The normalized spacial score (nSPS) is 10.2. The molecular weight excluding hydrogens is 548 g/mol. The van der Waals surface area contributed by atoms with E-state index >= 15 is 0 Å². The fourth-order valence-electron chi connectivity index (χ4n) is 2.44. The first-order valence-corrected chi connectivity index (χ1v) is 12.9. The number of hydrogen-bond donors (Lipinski definition) is 2. The van der Waals surface area contributed by atoms with E-state index in [1.165, 1.54) is 0 Å². The molecular formula is C30H38O2S2Zr. The van der Waals surface area contributed by atoms with Crippen LogP contribution >= 0.6 is 23.5 Å². The molecule has 35 heavy (non-hydrogen) atoms. The molecule has 0 unspecified atom stereocenters. The number of aromatic hydroxyl groups is 2. The van der Waals surface area contributed by atoms with E-state index in [-0.39, 0.29) is 35.7 Å². The standard InChI is InChI=1S/2C10H14OS.2C5H5.Zr/c2*1-10(2,3)12-9-6-4-5-8(11)7-9;2*1-2-4-5-3-1;/h2*4-7,11H,1-3H3;2*1-5H;/q;;2*-1;+2. The van der Waals surface area contributed by atoms with Gasteiger partial charge in [0.05, 0.1) is 0 Å². The Labute approximate surface area is 240 Å². The third-order valence-electron chi connectivity index (χ3n) is 3.59. The van der Waals surface area contributed by atoms with E-state index in [9.17, 15) is 10.2 Å². The van der Waals surface area contributed by atoms with Gasteiger partial charge in [0, 0.05) is 19.3 Å². The van der Waals surface area contributed by atoms with Crippen LogP contribution in [0.3, 0.4) is 0 Å². The first kappa shape index (κ1) is 33.3. The Morgan fingerprint density at radius 1 is 0.543 bits per heavy atom. The van der Waals surface area contributed by atoms with Crippen molar-refractivity contribution in [3.8, 4) is 11.5 Å². The summed E-state index contributed by atoms with van der Waals surface area (Å²) in [6.07, 6.45) is 0. The maximum atomic E-state index is 9.20. The molecule has 0 aliphatic rings. The van der Waals surface area contributed by atoms with Crippen molar-refractivity contribution in [1.29, 1.82) is 0 Å². The van der Waals surface area contributed by atoms with Crippen LogP contribution in [0.15, 0.2) is 119 Å². The van der Waals surface area contributed by atoms with E-state index in [4.69, 9.17) is 0 Å². The van der Waals surface area contributed by atoms with Crippen molar-refractivity contribution < 1.29 is 36.4 Å². The van der Waals surface area contributed by atoms with Gasteiger partial charge >= 0.3 is 26.2 Å². The summed E-state index contributed by atoms with van der Waals surface area (Å²) in [6, 6.07) is 34.7. The SMILES string of the molecule is CC(C)(C)Sc1cccc(O)c1.CC(C)(C)Sc1cccc(O)c1.[Zr+2].c1cc[cH-]c1.c1cc[cH-]c1. The van der Waals surface area contributed by atoms with Crippen LogP contribution in [0.5, 0.6) is 11.5 Å². The smallest absolute Gasteiger partial charge is 0.508 e. The number of phenols is 2. The second-order valence-corrected chi connectivity index (χ2v) is 13.1. The topological polar surface area (TPSA) is 40.5 Å². The summed E-state index contributed by atoms with van der Waals surface area (Å²) in [4.78, 5) is 2.23. The van der Waals surface area contributed by atoms with Crippen molar-refractivity contribution in [3.63, 3.8) is 0 Å². The molecule has 0 fully saturated rings. The van der Waals surface area contributed by atoms with Gasteiger partial charge in [-0.2, -0.15) is 36.4 Å². The number of thioether (sulfide) groups is 2. The Morgan fingerprint density at radius 2 is 0.857 bits per heavy atom. The largest absolute Gasteiger partial charge is 2.00 e. The summed E-state index contributed by atoms with van der Waals surface area (Å²) in [5, 5.41) is 18.4. The molecule has 0 aromatic heterocycles. The van der Waals surface area contributed by atoms with Crippen LogP contribution in [0.4, 0.5) is 0 Å². The van der Waals surface area contributed by atoms with Gasteiger partial charge in [0.2, 0.25) is 0 Å². The molecule has 0 saturated heterocycles. The Hall–Kier alpha value is -1.68. The van der Waals surface area contributed by atoms with Crippen LogP contribution in [0.2, 0.25) is 0 Å². The molecule has 0 radical (unpaired) electrons. The predicted octanol–water partition coefficient (Wildman–Crippen LogP) is 9.37. The van der Waals surface area contributed by atoms with Crippen molar-refractivity contribution in [2.75, 3.05) is 0 Å². The Bertz CT molecular complexity index is 881. The molecule has 2 N–H and O–H groups in total. The van der Waals surface area contributed by atoms with Gasteiger partial charge < -0.3 is 10.2 Å². The minimum Gasteiger partial charge on any atom is -0.508 e. The van der Waals surface area contributed by atoms with Crippen LogP contribution in [0, 0.1) is 0 Å². The van der Waals surface area contributed by atoms with Gasteiger partial charge in [-0.05, 0) is 36.4 Å². The van der Waals surface area contributed by atoms with E-state index < -0.39 is 0 Å². The first-order valence-electron chi connectivity index (χ1n) is 11.2. The molecule has 0 bridgehead atoms. The molecule has 0 aliphatic carbocycles. The van der Waals surface area contributed by atoms with Gasteiger partial charge in [0.1, 0.15) is 11.5 Å². The van der Waals surface area contributed by atoms with Gasteiger partial charge in [0.25, 0.3) is 0 Å². The van der Waals surface area contributed by atoms with Crippen LogP contribution in [0.1, 0.15) is 41.5 Å². The summed E-state index contributed by atoms with van der Waals surface area (Å²) in [5.41, 5.74) is 0. The Kier molecular flexibility index (Phi) is 16.9. The fraction of sp³-hybridized carbons (Fsp3) is 0.267. The third-order valence-corrected chi connectivity index (χ3v) is 5.80. The summed E-state index contributed by atoms with van der Waals surface area (Å²) >= 11 is 3.51. The van der Waals surface area contributed by atoms with Crippen molar-refractivity contribution >= 4 is 23.5 Å². The zero-order chi connectivity index (χ0) is 25.5. The monoisotopic (exact) mass is 584 g/mol. The molecule has 0 spiro atoms. The van der Waals surface area contributed by atoms with Crippen LogP contribution in [0.25, 0.3) is 0 Å². The average molecular weight is 586 g/mol. The molecule has 186 valence electrons. The number of benzene rings is 2. The van der Waals surface area contributed by atoms with Gasteiger partial charge in [0.15, 0.2) is 0 Å². The van der Waals surface area contributed by atoms with Crippen LogP contribution in [-0.4, -0.2) is 19.7 Å². The minimum atomic E-state index is 0. The minimum absolute atomic E-state index is 0. The van der Waals surface area contributed by atoms with Crippen LogP contribution in [-0.2, 0) is 26.2 Å². The van der Waals surface area contributed by atoms with Crippen molar-refractivity contribution in [2.45, 2.75) is 60.8 Å². The van der Waals surface area contributed by atoms with Gasteiger partial charge in [-0.3, -0.25) is 0 Å². The van der Waals surface area contributed by atoms with Gasteiger partial charge in [-0.15, -0.1) is 23.5 Å². The average Bonchev–Trinajstić information content (AvgIpc) is 3.45. The first-order chi connectivity index (χ1) is 15.9. The molecule has 5 heteroatoms. The van der Waals surface area contributed by atoms with Crippen molar-refractivity contribution in [2.24, 2.45) is 0 Å².